The van der Waals surface area contributed by atoms with Gasteiger partial charge in [-0.25, -0.2) is 4.79 Å². The molecule has 1 heterocycles. The molecule has 0 aromatic heterocycles. The normalized spacial score (nSPS) is 19.4. The molecule has 6 N–H and O–H groups in total. The Bertz CT molecular complexity index is 450. The lowest BCUT2D eigenvalue weighted by atomic mass is 10.0. The van der Waals surface area contributed by atoms with E-state index in [-0.39, 0.29) is 17.9 Å². The Hall–Kier alpha value is -1.67. The molecule has 1 saturated heterocycles. The van der Waals surface area contributed by atoms with E-state index in [1.165, 1.54) is 0 Å². The molecule has 0 spiro atoms. The molecule has 0 aromatic carbocycles. The fourth-order valence-corrected chi connectivity index (χ4v) is 2.91. The van der Waals surface area contributed by atoms with Crippen LogP contribution in [0.1, 0.15) is 52.4 Å². The van der Waals surface area contributed by atoms with Crippen molar-refractivity contribution in [2.75, 3.05) is 13.1 Å². The van der Waals surface area contributed by atoms with Crippen LogP contribution >= 0.6 is 0 Å². The van der Waals surface area contributed by atoms with E-state index in [0.29, 0.717) is 32.2 Å². The van der Waals surface area contributed by atoms with Gasteiger partial charge >= 0.3 is 5.97 Å². The molecular weight excluding hydrogens is 324 g/mol. The van der Waals surface area contributed by atoms with Gasteiger partial charge in [0.2, 0.25) is 11.8 Å². The number of carbonyl (C=O) groups excluding carboxylic acids is 2. The zero-order valence-electron chi connectivity index (χ0n) is 15.2. The Kier molecular flexibility index (Phi) is 9.44. The first-order valence-corrected chi connectivity index (χ1v) is 9.12. The lowest BCUT2D eigenvalue weighted by Gasteiger charge is -2.24. The zero-order chi connectivity index (χ0) is 18.8. The van der Waals surface area contributed by atoms with Crippen LogP contribution in [0.4, 0.5) is 0 Å². The number of hydrogen-bond donors (Lipinski definition) is 5. The van der Waals surface area contributed by atoms with Gasteiger partial charge < -0.3 is 26.8 Å². The monoisotopic (exact) mass is 356 g/mol. The van der Waals surface area contributed by atoms with Crippen molar-refractivity contribution in [1.82, 2.24) is 16.0 Å². The van der Waals surface area contributed by atoms with Crippen LogP contribution in [0.2, 0.25) is 0 Å². The van der Waals surface area contributed by atoms with Gasteiger partial charge in [-0.1, -0.05) is 13.8 Å². The van der Waals surface area contributed by atoms with Gasteiger partial charge in [0, 0.05) is 0 Å². The van der Waals surface area contributed by atoms with Gasteiger partial charge in [-0.05, 0) is 57.5 Å². The highest BCUT2D eigenvalue weighted by molar-refractivity contribution is 5.91. The first-order valence-electron chi connectivity index (χ1n) is 9.12. The van der Waals surface area contributed by atoms with E-state index in [2.05, 4.69) is 16.0 Å². The van der Waals surface area contributed by atoms with E-state index in [0.717, 1.165) is 19.4 Å². The lowest BCUT2D eigenvalue weighted by molar-refractivity contribution is -0.142. The summed E-state index contributed by atoms with van der Waals surface area (Å²) < 4.78 is 0. The summed E-state index contributed by atoms with van der Waals surface area (Å²) in [7, 11) is 0. The molecule has 0 aliphatic carbocycles. The van der Waals surface area contributed by atoms with Crippen LogP contribution in [0.5, 0.6) is 0 Å². The lowest BCUT2D eigenvalue weighted by Crippen LogP contribution is -2.54. The second-order valence-corrected chi connectivity index (χ2v) is 7.02. The molecule has 0 aromatic rings. The third kappa shape index (κ3) is 7.83. The molecule has 1 rings (SSSR count). The Labute approximate surface area is 149 Å². The van der Waals surface area contributed by atoms with Crippen molar-refractivity contribution in [1.29, 1.82) is 0 Å². The summed E-state index contributed by atoms with van der Waals surface area (Å²) >= 11 is 0. The second kappa shape index (κ2) is 11.0. The number of carboxylic acids is 1. The van der Waals surface area contributed by atoms with Gasteiger partial charge in [0.05, 0.1) is 6.04 Å². The Morgan fingerprint density at radius 3 is 2.44 bits per heavy atom. The van der Waals surface area contributed by atoms with Gasteiger partial charge in [-0.2, -0.15) is 0 Å². The van der Waals surface area contributed by atoms with Crippen LogP contribution < -0.4 is 21.7 Å². The number of rotatable bonds is 11. The molecular formula is C17H32N4O4. The molecule has 8 nitrogen and oxygen atoms in total. The number of aliphatic carboxylic acids is 1. The quantitative estimate of drug-likeness (QED) is 0.330. The van der Waals surface area contributed by atoms with E-state index < -0.39 is 24.0 Å². The summed E-state index contributed by atoms with van der Waals surface area (Å²) in [5.74, 6) is -1.53. The highest BCUT2D eigenvalue weighted by atomic mass is 16.4. The van der Waals surface area contributed by atoms with Crippen molar-refractivity contribution in [2.45, 2.75) is 70.5 Å². The van der Waals surface area contributed by atoms with Crippen LogP contribution in [-0.4, -0.2) is 54.1 Å². The van der Waals surface area contributed by atoms with E-state index in [4.69, 9.17) is 5.73 Å². The third-order valence-corrected chi connectivity index (χ3v) is 4.28. The van der Waals surface area contributed by atoms with Gasteiger partial charge in [0.15, 0.2) is 0 Å². The fraction of sp³-hybridized carbons (Fsp3) is 0.824. The maximum absolute atomic E-state index is 12.5. The molecule has 0 bridgehead atoms. The van der Waals surface area contributed by atoms with Crippen LogP contribution in [0, 0.1) is 5.92 Å². The first-order chi connectivity index (χ1) is 11.8. The predicted octanol–water partition coefficient (Wildman–Crippen LogP) is -0.0323. The molecule has 0 saturated carbocycles. The van der Waals surface area contributed by atoms with Gasteiger partial charge in [-0.15, -0.1) is 0 Å². The third-order valence-electron chi connectivity index (χ3n) is 4.28. The van der Waals surface area contributed by atoms with Crippen molar-refractivity contribution in [3.05, 3.63) is 0 Å². The topological polar surface area (TPSA) is 134 Å². The van der Waals surface area contributed by atoms with Crippen molar-refractivity contribution in [3.63, 3.8) is 0 Å². The van der Waals surface area contributed by atoms with Crippen LogP contribution in [0.15, 0.2) is 0 Å². The number of nitrogens with one attached hydrogen (secondary N) is 3. The van der Waals surface area contributed by atoms with Crippen LogP contribution in [0.25, 0.3) is 0 Å². The zero-order valence-corrected chi connectivity index (χ0v) is 15.2. The summed E-state index contributed by atoms with van der Waals surface area (Å²) in [5.41, 5.74) is 5.42. The molecule has 25 heavy (non-hydrogen) atoms. The fourth-order valence-electron chi connectivity index (χ4n) is 2.91. The van der Waals surface area contributed by atoms with Crippen molar-refractivity contribution in [3.8, 4) is 0 Å². The Morgan fingerprint density at radius 2 is 1.92 bits per heavy atom. The summed E-state index contributed by atoms with van der Waals surface area (Å²) in [6.45, 7) is 5.19. The van der Waals surface area contributed by atoms with E-state index in [9.17, 15) is 19.5 Å². The molecule has 3 unspecified atom stereocenters. The number of amides is 2. The number of unbranched alkanes of at least 4 members (excludes halogenated alkanes) is 1. The van der Waals surface area contributed by atoms with E-state index in [1.807, 2.05) is 13.8 Å². The molecule has 1 aliphatic rings. The van der Waals surface area contributed by atoms with Crippen molar-refractivity contribution < 1.29 is 19.5 Å². The average molecular weight is 356 g/mol. The minimum atomic E-state index is -1.07. The van der Waals surface area contributed by atoms with Crippen molar-refractivity contribution >= 4 is 17.8 Å². The minimum Gasteiger partial charge on any atom is -0.480 e. The maximum Gasteiger partial charge on any atom is 0.326 e. The maximum atomic E-state index is 12.5. The second-order valence-electron chi connectivity index (χ2n) is 7.02. The molecule has 2 amide bonds. The molecule has 0 radical (unpaired) electrons. The van der Waals surface area contributed by atoms with Crippen LogP contribution in [-0.2, 0) is 14.4 Å². The van der Waals surface area contributed by atoms with E-state index >= 15 is 0 Å². The van der Waals surface area contributed by atoms with Crippen molar-refractivity contribution in [2.24, 2.45) is 11.7 Å². The minimum absolute atomic E-state index is 0.188. The predicted molar refractivity (Wildman–Crippen MR) is 94.9 cm³/mol. The van der Waals surface area contributed by atoms with Crippen LogP contribution in [0.3, 0.4) is 0 Å². The molecule has 1 aliphatic heterocycles. The Morgan fingerprint density at radius 1 is 1.20 bits per heavy atom. The number of carbonyl (C=O) groups is 3. The summed E-state index contributed by atoms with van der Waals surface area (Å²) in [4.78, 5) is 36.2. The van der Waals surface area contributed by atoms with Gasteiger partial charge in [0.25, 0.3) is 0 Å². The first kappa shape index (κ1) is 21.4. The molecule has 144 valence electrons. The molecule has 1 fully saturated rings. The number of nitrogens with two attached hydrogens (primary N) is 1. The standard InChI is InChI=1S/C17H32N4O4/c1-11(2)10-14(21-15(22)12-7-5-9-19-12)16(23)20-13(17(24)25)6-3-4-8-18/h11-14,19H,3-10,18H2,1-2H3,(H,20,23)(H,21,22)(H,24,25). The Balaban J connectivity index is 2.66. The number of carboxylic acid groups (broad SMARTS) is 1. The highest BCUT2D eigenvalue weighted by Gasteiger charge is 2.30. The smallest absolute Gasteiger partial charge is 0.326 e. The van der Waals surface area contributed by atoms with Gasteiger partial charge in [-0.3, -0.25) is 9.59 Å². The SMILES string of the molecule is CC(C)CC(NC(=O)C1CCCN1)C(=O)NC(CCCCN)C(=O)O. The summed E-state index contributed by atoms with van der Waals surface area (Å²) in [5, 5.41) is 17.7. The molecule has 3 atom stereocenters. The largest absolute Gasteiger partial charge is 0.480 e. The molecule has 8 heteroatoms. The highest BCUT2D eigenvalue weighted by Crippen LogP contribution is 2.10. The number of hydrogen-bond acceptors (Lipinski definition) is 5. The van der Waals surface area contributed by atoms with Gasteiger partial charge in [0.1, 0.15) is 12.1 Å². The van der Waals surface area contributed by atoms with E-state index in [1.54, 1.807) is 0 Å². The summed E-state index contributed by atoms with van der Waals surface area (Å²) in [6.07, 6.45) is 3.80. The average Bonchev–Trinajstić information content (AvgIpc) is 3.07. The summed E-state index contributed by atoms with van der Waals surface area (Å²) in [6, 6.07) is -1.97.